The number of methoxy groups -OCH3 is 1. The molecular formula is C34H62N2O10. The van der Waals surface area contributed by atoms with Gasteiger partial charge in [-0.15, -0.1) is 0 Å². The van der Waals surface area contributed by atoms with Gasteiger partial charge in [0.15, 0.2) is 18.4 Å². The molecule has 46 heavy (non-hydrogen) atoms. The maximum Gasteiger partial charge on any atom is 0.220 e. The molecule has 2 fully saturated rings. The Balaban J connectivity index is 1.58. The average molecular weight is 659 g/mol. The van der Waals surface area contributed by atoms with Crippen molar-refractivity contribution in [2.45, 2.75) is 159 Å². The van der Waals surface area contributed by atoms with E-state index in [1.165, 1.54) is 0 Å². The number of nitrogens with one attached hydrogen (secondary N) is 2. The van der Waals surface area contributed by atoms with Crippen LogP contribution in [0, 0.1) is 0 Å². The quantitative estimate of drug-likeness (QED) is 0.101. The molecule has 5 unspecified atom stereocenters. The maximum atomic E-state index is 12.9. The van der Waals surface area contributed by atoms with Crippen molar-refractivity contribution in [1.82, 2.24) is 10.6 Å². The second-order valence-electron chi connectivity index (χ2n) is 12.5. The van der Waals surface area contributed by atoms with Crippen molar-refractivity contribution in [1.29, 1.82) is 0 Å². The smallest absolute Gasteiger partial charge is 0.220 e. The highest BCUT2D eigenvalue weighted by Gasteiger charge is 2.31. The Bertz CT molecular complexity index is 832. The first kappa shape index (κ1) is 40.5. The van der Waals surface area contributed by atoms with E-state index in [4.69, 9.17) is 23.7 Å². The summed E-state index contributed by atoms with van der Waals surface area (Å²) in [4.78, 5) is 37.8. The van der Waals surface area contributed by atoms with Crippen molar-refractivity contribution in [3.05, 3.63) is 0 Å². The highest BCUT2D eigenvalue weighted by molar-refractivity contribution is 5.89. The van der Waals surface area contributed by atoms with E-state index < -0.39 is 12.3 Å². The fraction of sp³-hybridized carbons (Fsp3) is 0.912. The third-order valence-electron chi connectivity index (χ3n) is 8.60. The van der Waals surface area contributed by atoms with Gasteiger partial charge >= 0.3 is 0 Å². The zero-order chi connectivity index (χ0) is 33.4. The lowest BCUT2D eigenvalue weighted by molar-refractivity contribution is -0.250. The van der Waals surface area contributed by atoms with Crippen LogP contribution in [0.25, 0.3) is 0 Å². The summed E-state index contributed by atoms with van der Waals surface area (Å²) in [5.74, 6) is -0.0650. The predicted octanol–water partition coefficient (Wildman–Crippen LogP) is 3.68. The Labute approximate surface area is 276 Å². The van der Waals surface area contributed by atoms with E-state index in [1.54, 1.807) is 7.11 Å². The van der Waals surface area contributed by atoms with Crippen LogP contribution in [0.4, 0.5) is 0 Å². The van der Waals surface area contributed by atoms with Gasteiger partial charge in [0.2, 0.25) is 11.8 Å². The molecule has 0 aliphatic carbocycles. The minimum Gasteiger partial charge on any atom is -0.394 e. The van der Waals surface area contributed by atoms with Crippen LogP contribution < -0.4 is 10.6 Å². The second-order valence-corrected chi connectivity index (χ2v) is 12.5. The molecule has 0 saturated carbocycles. The molecule has 2 rings (SSSR count). The minimum atomic E-state index is -0.500. The standard InChI is InChI=1S/C34H62N2O10/c1-3-4-5-15-29(39)28(36-32(41)17-8-10-22-43-33-18-12-13-26(24-37)45-33)14-6-9-21-35-31(40)16-7-11-23-44-34-30(42-2)20-19-27(25-38)46-34/h26-28,30,33-34,37-38H,3-25H2,1-2H3,(H,35,40)(H,36,41)/t26?,27?,28-,30?,33?,34?/m1/s1. The first-order chi connectivity index (χ1) is 22.4. The number of rotatable bonds is 26. The fourth-order valence-corrected chi connectivity index (χ4v) is 5.74. The molecule has 0 aromatic carbocycles. The Morgan fingerprint density at radius 1 is 0.783 bits per heavy atom. The molecule has 0 spiro atoms. The molecule has 2 amide bonds. The molecule has 2 heterocycles. The van der Waals surface area contributed by atoms with Crippen molar-refractivity contribution in [2.24, 2.45) is 0 Å². The highest BCUT2D eigenvalue weighted by atomic mass is 16.7. The predicted molar refractivity (Wildman–Crippen MR) is 173 cm³/mol. The van der Waals surface area contributed by atoms with Gasteiger partial charge in [0.05, 0.1) is 31.5 Å². The zero-order valence-electron chi connectivity index (χ0n) is 28.4. The van der Waals surface area contributed by atoms with E-state index in [-0.39, 0.29) is 55.4 Å². The van der Waals surface area contributed by atoms with Gasteiger partial charge in [-0.1, -0.05) is 19.8 Å². The van der Waals surface area contributed by atoms with Gasteiger partial charge in [-0.05, 0) is 83.5 Å². The van der Waals surface area contributed by atoms with Crippen molar-refractivity contribution in [2.75, 3.05) is 40.1 Å². The topological polar surface area (TPSA) is 162 Å². The third-order valence-corrected chi connectivity index (χ3v) is 8.60. The van der Waals surface area contributed by atoms with Gasteiger partial charge in [0.1, 0.15) is 6.10 Å². The number of carbonyl (C=O) groups is 3. The van der Waals surface area contributed by atoms with E-state index in [9.17, 15) is 24.6 Å². The monoisotopic (exact) mass is 658 g/mol. The number of ether oxygens (including phenoxy) is 5. The highest BCUT2D eigenvalue weighted by Crippen LogP contribution is 2.23. The van der Waals surface area contributed by atoms with Crippen molar-refractivity contribution < 1.29 is 48.3 Å². The summed E-state index contributed by atoms with van der Waals surface area (Å²) in [6, 6.07) is -0.499. The second kappa shape index (κ2) is 25.4. The number of carbonyl (C=O) groups excluding carboxylic acids is 3. The van der Waals surface area contributed by atoms with Gasteiger partial charge in [0, 0.05) is 46.1 Å². The van der Waals surface area contributed by atoms with Gasteiger partial charge in [0.25, 0.3) is 0 Å². The normalized spacial score (nSPS) is 24.0. The Hall–Kier alpha value is -1.67. The lowest BCUT2D eigenvalue weighted by Crippen LogP contribution is -2.43. The zero-order valence-corrected chi connectivity index (χ0v) is 28.4. The number of aliphatic hydroxyl groups is 2. The molecule has 4 N–H and O–H groups in total. The average Bonchev–Trinajstić information content (AvgIpc) is 3.07. The van der Waals surface area contributed by atoms with Gasteiger partial charge < -0.3 is 44.5 Å². The Morgan fingerprint density at radius 2 is 1.48 bits per heavy atom. The van der Waals surface area contributed by atoms with Crippen molar-refractivity contribution >= 4 is 17.6 Å². The van der Waals surface area contributed by atoms with E-state index >= 15 is 0 Å². The summed E-state index contributed by atoms with van der Waals surface area (Å²) in [7, 11) is 1.62. The first-order valence-corrected chi connectivity index (χ1v) is 17.8. The van der Waals surface area contributed by atoms with Crippen molar-refractivity contribution in [3.63, 3.8) is 0 Å². The molecule has 2 saturated heterocycles. The van der Waals surface area contributed by atoms with Crippen molar-refractivity contribution in [3.8, 4) is 0 Å². The molecular weight excluding hydrogens is 596 g/mol. The van der Waals surface area contributed by atoms with Gasteiger partial charge in [-0.2, -0.15) is 0 Å². The summed E-state index contributed by atoms with van der Waals surface area (Å²) >= 11 is 0. The van der Waals surface area contributed by atoms with Crippen LogP contribution in [0.15, 0.2) is 0 Å². The van der Waals surface area contributed by atoms with Crippen LogP contribution in [0.2, 0.25) is 0 Å². The van der Waals surface area contributed by atoms with Gasteiger partial charge in [-0.25, -0.2) is 0 Å². The molecule has 268 valence electrons. The molecule has 2 aliphatic rings. The minimum absolute atomic E-state index is 0.00527. The number of Topliss-reactive ketones (excluding diaryl/α,β-unsaturated/α-hetero) is 1. The van der Waals surface area contributed by atoms with Crippen LogP contribution >= 0.6 is 0 Å². The number of hydrogen-bond donors (Lipinski definition) is 4. The van der Waals surface area contributed by atoms with Crippen LogP contribution in [0.3, 0.4) is 0 Å². The fourth-order valence-electron chi connectivity index (χ4n) is 5.74. The Morgan fingerprint density at radius 3 is 2.20 bits per heavy atom. The maximum absolute atomic E-state index is 12.9. The lowest BCUT2D eigenvalue weighted by Gasteiger charge is -2.34. The summed E-state index contributed by atoms with van der Waals surface area (Å²) < 4.78 is 28.4. The van der Waals surface area contributed by atoms with E-state index in [2.05, 4.69) is 17.6 Å². The van der Waals surface area contributed by atoms with E-state index in [0.29, 0.717) is 71.1 Å². The molecule has 12 nitrogen and oxygen atoms in total. The number of unbranched alkanes of at least 4 members (excludes halogenated alkanes) is 5. The van der Waals surface area contributed by atoms with Crippen LogP contribution in [0.5, 0.6) is 0 Å². The number of aliphatic hydroxyl groups excluding tert-OH is 2. The molecule has 2 aliphatic heterocycles. The molecule has 12 heteroatoms. The first-order valence-electron chi connectivity index (χ1n) is 17.8. The SMILES string of the molecule is CCCCCC(=O)[C@@H](CCCCNC(=O)CCCCOC1OC(CO)CCC1OC)NC(=O)CCCCOC1CCCC(CO)O1. The summed E-state index contributed by atoms with van der Waals surface area (Å²) in [6.07, 6.45) is 11.6. The summed E-state index contributed by atoms with van der Waals surface area (Å²) in [6.45, 7) is 3.53. The number of ketones is 1. The molecule has 6 atom stereocenters. The largest absolute Gasteiger partial charge is 0.394 e. The molecule has 0 aromatic rings. The van der Waals surface area contributed by atoms with Crippen LogP contribution in [0.1, 0.15) is 122 Å². The summed E-state index contributed by atoms with van der Waals surface area (Å²) in [5, 5.41) is 24.5. The molecule has 0 bridgehead atoms. The van der Waals surface area contributed by atoms with Crippen LogP contribution in [-0.4, -0.2) is 105 Å². The van der Waals surface area contributed by atoms with Gasteiger partial charge in [-0.3, -0.25) is 14.4 Å². The lowest BCUT2D eigenvalue weighted by atomic mass is 10.00. The molecule has 0 aromatic heterocycles. The number of amides is 2. The van der Waals surface area contributed by atoms with E-state index in [1.807, 2.05) is 0 Å². The van der Waals surface area contributed by atoms with Crippen LogP contribution in [-0.2, 0) is 38.1 Å². The number of hydrogen-bond acceptors (Lipinski definition) is 10. The Kier molecular flexibility index (Phi) is 22.3. The summed E-state index contributed by atoms with van der Waals surface area (Å²) in [5.41, 5.74) is 0. The van der Waals surface area contributed by atoms with E-state index in [0.717, 1.165) is 64.2 Å². The molecule has 0 radical (unpaired) electrons. The third kappa shape index (κ3) is 17.5.